The Bertz CT molecular complexity index is 1100. The van der Waals surface area contributed by atoms with Crippen LogP contribution in [0.25, 0.3) is 0 Å². The van der Waals surface area contributed by atoms with Gasteiger partial charge in [0.05, 0.1) is 18.8 Å². The SMILES string of the molecule is CCCCCCCC/C=C\CCCCCCCCCC(=O)OC[C@H](COP(=O)(O)O)OC(=O)CCCCCC[C@H]1[C@@H](O)CC(=O)[C@@H]1/C=C/[C@@H](O)CCCCC. The third-order valence-electron chi connectivity index (χ3n) is 10.3. The maximum Gasteiger partial charge on any atom is 0.469 e. The average molecular weight is 801 g/mol. The molecule has 0 aromatic carbocycles. The normalized spacial score (nSPS) is 18.7. The second kappa shape index (κ2) is 33.1. The number of esters is 2. The van der Waals surface area contributed by atoms with Crippen LogP contribution in [0.1, 0.15) is 187 Å². The summed E-state index contributed by atoms with van der Waals surface area (Å²) < 4.78 is 26.4. The summed E-state index contributed by atoms with van der Waals surface area (Å²) in [6, 6.07) is 0. The van der Waals surface area contributed by atoms with Crippen molar-refractivity contribution in [3.8, 4) is 0 Å². The largest absolute Gasteiger partial charge is 0.469 e. The summed E-state index contributed by atoms with van der Waals surface area (Å²) >= 11 is 0. The first-order chi connectivity index (χ1) is 26.5. The van der Waals surface area contributed by atoms with E-state index in [2.05, 4.69) is 30.5 Å². The van der Waals surface area contributed by atoms with Crippen LogP contribution < -0.4 is 0 Å². The van der Waals surface area contributed by atoms with Crippen molar-refractivity contribution in [2.75, 3.05) is 13.2 Å². The van der Waals surface area contributed by atoms with Crippen LogP contribution in [0.3, 0.4) is 0 Å². The van der Waals surface area contributed by atoms with Gasteiger partial charge in [-0.25, -0.2) is 4.57 Å². The second-order valence-electron chi connectivity index (χ2n) is 15.5. The third kappa shape index (κ3) is 29.1. The van der Waals surface area contributed by atoms with E-state index in [4.69, 9.17) is 19.3 Å². The lowest BCUT2D eigenvalue weighted by molar-refractivity contribution is -0.161. The minimum atomic E-state index is -4.82. The number of carbonyl (C=O) groups is 3. The zero-order chi connectivity index (χ0) is 40.6. The van der Waals surface area contributed by atoms with E-state index in [1.807, 2.05) is 0 Å². The number of aliphatic hydroxyl groups excluding tert-OH is 2. The highest BCUT2D eigenvalue weighted by molar-refractivity contribution is 7.46. The molecule has 1 rings (SSSR count). The van der Waals surface area contributed by atoms with E-state index in [0.717, 1.165) is 57.8 Å². The minimum absolute atomic E-state index is 0.00559. The number of phosphoric acid groups is 1. The van der Waals surface area contributed by atoms with Gasteiger partial charge in [0.2, 0.25) is 0 Å². The van der Waals surface area contributed by atoms with E-state index >= 15 is 0 Å². The number of ketones is 1. The number of hydrogen-bond donors (Lipinski definition) is 4. The molecule has 0 aliphatic heterocycles. The molecule has 0 unspecified atom stereocenters. The van der Waals surface area contributed by atoms with Gasteiger partial charge in [0.25, 0.3) is 0 Å². The van der Waals surface area contributed by atoms with Crippen LogP contribution >= 0.6 is 7.82 Å². The molecule has 11 nitrogen and oxygen atoms in total. The Kier molecular flexibility index (Phi) is 30.8. The summed E-state index contributed by atoms with van der Waals surface area (Å²) in [4.78, 5) is 55.6. The Morgan fingerprint density at radius 3 is 1.87 bits per heavy atom. The number of carbonyl (C=O) groups excluding carboxylic acids is 3. The summed E-state index contributed by atoms with van der Waals surface area (Å²) in [6.07, 6.45) is 30.9. The first-order valence-electron chi connectivity index (χ1n) is 21.7. The summed E-state index contributed by atoms with van der Waals surface area (Å²) in [6.45, 7) is 3.39. The molecule has 0 aromatic rings. The highest BCUT2D eigenvalue weighted by Crippen LogP contribution is 2.36. The number of unbranched alkanes of at least 4 members (excludes halogenated alkanes) is 18. The molecule has 0 amide bonds. The predicted octanol–water partition coefficient (Wildman–Crippen LogP) is 9.77. The number of phosphoric ester groups is 1. The smallest absolute Gasteiger partial charge is 0.462 e. The molecular formula is C43H77O11P. The van der Waals surface area contributed by atoms with Gasteiger partial charge in [0, 0.05) is 25.2 Å². The number of aliphatic hydroxyl groups is 2. The van der Waals surface area contributed by atoms with E-state index in [1.165, 1.54) is 64.2 Å². The Morgan fingerprint density at radius 2 is 1.27 bits per heavy atom. The summed E-state index contributed by atoms with van der Waals surface area (Å²) in [7, 11) is -4.82. The van der Waals surface area contributed by atoms with Crippen LogP contribution in [0.5, 0.6) is 0 Å². The summed E-state index contributed by atoms with van der Waals surface area (Å²) in [5, 5.41) is 20.7. The quantitative estimate of drug-likeness (QED) is 0.0205. The molecule has 0 spiro atoms. The highest BCUT2D eigenvalue weighted by Gasteiger charge is 2.39. The Hall–Kier alpha value is -1.88. The van der Waals surface area contributed by atoms with E-state index in [9.17, 15) is 29.2 Å². The number of Topliss-reactive ketones (excluding diaryl/α,β-unsaturated/α-hetero) is 1. The lowest BCUT2D eigenvalue weighted by Crippen LogP contribution is -2.29. The minimum Gasteiger partial charge on any atom is -0.462 e. The van der Waals surface area contributed by atoms with E-state index < -0.39 is 50.6 Å². The Morgan fingerprint density at radius 1 is 0.745 bits per heavy atom. The second-order valence-corrected chi connectivity index (χ2v) is 16.7. The number of hydrogen-bond acceptors (Lipinski definition) is 9. The molecule has 0 bridgehead atoms. The molecule has 1 aliphatic carbocycles. The van der Waals surface area contributed by atoms with Crippen molar-refractivity contribution in [2.24, 2.45) is 11.8 Å². The van der Waals surface area contributed by atoms with Crippen LogP contribution in [0.4, 0.5) is 0 Å². The first kappa shape index (κ1) is 51.1. The van der Waals surface area contributed by atoms with Gasteiger partial charge in [0.15, 0.2) is 6.10 Å². The van der Waals surface area contributed by atoms with Crippen LogP contribution in [-0.2, 0) is 32.9 Å². The third-order valence-corrected chi connectivity index (χ3v) is 10.8. The number of ether oxygens (including phenoxy) is 2. The highest BCUT2D eigenvalue weighted by atomic mass is 31.2. The maximum atomic E-state index is 12.5. The molecule has 0 saturated heterocycles. The molecule has 5 atom stereocenters. The molecule has 12 heteroatoms. The van der Waals surface area contributed by atoms with Crippen molar-refractivity contribution < 1.29 is 52.9 Å². The van der Waals surface area contributed by atoms with Crippen molar-refractivity contribution in [1.82, 2.24) is 0 Å². The standard InChI is InChI=1S/C43H77O11P/c1-3-5-7-8-9-10-11-12-13-14-15-16-17-18-19-20-25-29-42(47)52-34-37(35-53-55(49,50)51)54-43(48)30-26-22-21-24-28-38-39(41(46)33-40(38)45)32-31-36(44)27-23-6-4-2/h12-13,31-32,36-40,44-45H,3-11,14-30,33-35H2,1-2H3,(H2,49,50,51)/b13-12-,32-31+/t36-,37+,38+,39+,40-/m0/s1. The van der Waals surface area contributed by atoms with Crippen molar-refractivity contribution in [2.45, 2.75) is 206 Å². The van der Waals surface area contributed by atoms with E-state index in [0.29, 0.717) is 32.1 Å². The fourth-order valence-electron chi connectivity index (χ4n) is 7.04. The molecule has 55 heavy (non-hydrogen) atoms. The molecule has 1 fully saturated rings. The predicted molar refractivity (Wildman–Crippen MR) is 217 cm³/mol. The summed E-state index contributed by atoms with van der Waals surface area (Å²) in [5.41, 5.74) is 0. The zero-order valence-corrected chi connectivity index (χ0v) is 35.2. The molecule has 0 heterocycles. The van der Waals surface area contributed by atoms with E-state index in [1.54, 1.807) is 12.2 Å². The molecular weight excluding hydrogens is 723 g/mol. The van der Waals surface area contributed by atoms with Gasteiger partial charge in [-0.1, -0.05) is 141 Å². The molecule has 320 valence electrons. The van der Waals surface area contributed by atoms with Crippen molar-refractivity contribution in [1.29, 1.82) is 0 Å². The number of rotatable bonds is 36. The van der Waals surface area contributed by atoms with Crippen LogP contribution in [0.15, 0.2) is 24.3 Å². The Labute approximate surface area is 332 Å². The average Bonchev–Trinajstić information content (AvgIpc) is 3.41. The molecule has 4 N–H and O–H groups in total. The molecule has 0 aromatic heterocycles. The van der Waals surface area contributed by atoms with Crippen LogP contribution in [-0.4, -0.2) is 69.2 Å². The van der Waals surface area contributed by atoms with Gasteiger partial charge in [-0.3, -0.25) is 18.9 Å². The topological polar surface area (TPSA) is 177 Å². The number of allylic oxidation sites excluding steroid dienone is 3. The van der Waals surface area contributed by atoms with Gasteiger partial charge in [-0.05, 0) is 57.3 Å². The van der Waals surface area contributed by atoms with Crippen LogP contribution in [0.2, 0.25) is 0 Å². The van der Waals surface area contributed by atoms with Crippen molar-refractivity contribution >= 4 is 25.5 Å². The van der Waals surface area contributed by atoms with E-state index in [-0.39, 0.29) is 37.6 Å². The van der Waals surface area contributed by atoms with Crippen LogP contribution in [0, 0.1) is 11.8 Å². The molecule has 0 radical (unpaired) electrons. The Balaban J connectivity index is 2.24. The van der Waals surface area contributed by atoms with Gasteiger partial charge in [-0.15, -0.1) is 0 Å². The first-order valence-corrected chi connectivity index (χ1v) is 23.3. The van der Waals surface area contributed by atoms with Crippen molar-refractivity contribution in [3.05, 3.63) is 24.3 Å². The molecule has 1 aliphatic rings. The van der Waals surface area contributed by atoms with Gasteiger partial charge in [-0.2, -0.15) is 0 Å². The fourth-order valence-corrected chi connectivity index (χ4v) is 7.40. The lowest BCUT2D eigenvalue weighted by Gasteiger charge is -2.19. The lowest BCUT2D eigenvalue weighted by atomic mass is 9.88. The maximum absolute atomic E-state index is 12.5. The fraction of sp³-hybridized carbons (Fsp3) is 0.837. The zero-order valence-electron chi connectivity index (χ0n) is 34.3. The van der Waals surface area contributed by atoms with Gasteiger partial charge in [0.1, 0.15) is 12.4 Å². The monoisotopic (exact) mass is 801 g/mol. The van der Waals surface area contributed by atoms with Crippen molar-refractivity contribution in [3.63, 3.8) is 0 Å². The van der Waals surface area contributed by atoms with Gasteiger partial charge < -0.3 is 29.5 Å². The van der Waals surface area contributed by atoms with Gasteiger partial charge >= 0.3 is 19.8 Å². The summed E-state index contributed by atoms with van der Waals surface area (Å²) in [5.74, 6) is -1.64. The molecule has 1 saturated carbocycles.